The maximum atomic E-state index is 13.8. The monoisotopic (exact) mass is 1540 g/mol. The molecule has 0 saturated carbocycles. The zero-order chi connectivity index (χ0) is 75.9. The summed E-state index contributed by atoms with van der Waals surface area (Å²) in [7, 11) is 0. The lowest BCUT2D eigenvalue weighted by Gasteiger charge is -2.29. The Bertz CT molecular complexity index is 4850. The van der Waals surface area contributed by atoms with Crippen LogP contribution in [0.3, 0.4) is 0 Å². The van der Waals surface area contributed by atoms with Gasteiger partial charge in [-0.05, 0) is 173 Å². The summed E-state index contributed by atoms with van der Waals surface area (Å²) in [6.07, 6.45) is 23.7. The summed E-state index contributed by atoms with van der Waals surface area (Å²) in [5, 5.41) is 6.43. The van der Waals surface area contributed by atoms with E-state index in [1.807, 2.05) is 16.1 Å². The summed E-state index contributed by atoms with van der Waals surface area (Å²) in [6.45, 7) is 5.13. The first kappa shape index (κ1) is 76.9. The molecule has 0 radical (unpaired) electrons. The van der Waals surface area contributed by atoms with E-state index in [-0.39, 0.29) is 74.5 Å². The molecule has 3 aliphatic rings. The number of nitrogen functional groups attached to an aromatic ring is 2. The van der Waals surface area contributed by atoms with E-state index >= 15 is 0 Å². The molecule has 26 heteroatoms. The third-order valence-corrected chi connectivity index (χ3v) is 24.7. The van der Waals surface area contributed by atoms with Crippen LogP contribution in [-0.2, 0) is 53.2 Å². The van der Waals surface area contributed by atoms with E-state index in [0.29, 0.717) is 74.9 Å². The molecule has 110 heavy (non-hydrogen) atoms. The first-order valence-corrected chi connectivity index (χ1v) is 41.6. The van der Waals surface area contributed by atoms with Crippen LogP contribution in [0.1, 0.15) is 134 Å². The number of aromatic nitrogens is 8. The molecule has 11 aromatic rings. The van der Waals surface area contributed by atoms with E-state index in [0.717, 1.165) is 101 Å². The number of ether oxygens (including phenoxy) is 4. The fraction of sp³-hybridized carbons (Fsp3) is 0.405. The van der Waals surface area contributed by atoms with E-state index in [4.69, 9.17) is 30.4 Å². The molecule has 4 N–H and O–H groups in total. The van der Waals surface area contributed by atoms with Gasteiger partial charge >= 0.3 is 0 Å². The second kappa shape index (κ2) is 36.3. The standard InChI is InChI=1S/C84H93N13O10S3/c1-84(50-106-64-34-28-61(29-35-64)96-71(99)46-68(82(96)102)109-43-16-10-12-39-93-54-91-75-77(85)87-52-89-79(75)93,51-107-65-36-30-62(31-37-65)97-72(100)47-69(83(97)103)110-44-17-11-13-40-94-55-92-76-78(86)88-53-90-80(76)94)49-105-63-32-26-60(27-33-63)95-70(98)45-67(81(95)101)108-42-15-9-7-5-3-2-4-6-8-14-41-104-48-59-24-23-58-22-21-56-19-18-20-57-25-38-66(59)74(58)73(56)57/h18-38,52-55,67-69H,2-17,39-51H2,1H3,(H2,85,87,89)(H2,86,88,90). The first-order valence-electron chi connectivity index (χ1n) is 38.4. The van der Waals surface area contributed by atoms with Crippen LogP contribution in [0.25, 0.3) is 54.6 Å². The third-order valence-electron chi connectivity index (χ3n) is 20.8. The molecule has 0 aliphatic carbocycles. The number of imidazole rings is 2. The van der Waals surface area contributed by atoms with Gasteiger partial charge in [-0.25, -0.2) is 44.6 Å². The van der Waals surface area contributed by atoms with Crippen LogP contribution in [-0.4, -0.2) is 134 Å². The van der Waals surface area contributed by atoms with E-state index in [2.05, 4.69) is 84.5 Å². The van der Waals surface area contributed by atoms with Crippen LogP contribution in [0.15, 0.2) is 153 Å². The summed E-state index contributed by atoms with van der Waals surface area (Å²) in [4.78, 5) is 111. The molecule has 3 atom stereocenters. The molecule has 4 aromatic heterocycles. The molecular formula is C84H93N13O10S3. The van der Waals surface area contributed by atoms with Crippen molar-refractivity contribution in [2.45, 2.75) is 164 Å². The zero-order valence-electron chi connectivity index (χ0n) is 62.1. The van der Waals surface area contributed by atoms with Gasteiger partial charge in [0.25, 0.3) is 0 Å². The van der Waals surface area contributed by atoms with Crippen molar-refractivity contribution in [2.75, 3.05) is 69.9 Å². The number of unbranched alkanes of at least 4 members (excludes halogenated alkanes) is 13. The predicted molar refractivity (Wildman–Crippen MR) is 437 cm³/mol. The molecule has 3 fully saturated rings. The molecule has 7 aromatic carbocycles. The number of carbonyl (C=O) groups is 6. The SMILES string of the molecule is CC(COc1ccc(N2C(=O)CC(SCCCCCCCCCCCCOCc3ccc4ccc5cccc6ccc3c4c56)C2=O)cc1)(COc1ccc(N2C(=O)CC(SCCCCCn3cnc4c(N)ncnc43)C2=O)cc1)COc1ccc(N2C(=O)CC(SCCCCCn3cnc4c(N)ncnc43)C2=O)cc1. The van der Waals surface area contributed by atoms with Gasteiger partial charge in [0.2, 0.25) is 35.4 Å². The topological polar surface area (TPSA) is 288 Å². The van der Waals surface area contributed by atoms with Gasteiger partial charge in [0.05, 0.1) is 57.5 Å². The van der Waals surface area contributed by atoms with E-state index < -0.39 is 21.2 Å². The lowest BCUT2D eigenvalue weighted by molar-refractivity contribution is -0.122. The average molecular weight is 1540 g/mol. The Kier molecular flexibility index (Phi) is 25.4. The second-order valence-corrected chi connectivity index (χ2v) is 33.0. The molecule has 3 saturated heterocycles. The maximum absolute atomic E-state index is 13.8. The van der Waals surface area contributed by atoms with Crippen molar-refractivity contribution >= 4 is 154 Å². The van der Waals surface area contributed by atoms with Gasteiger partial charge in [-0.2, -0.15) is 0 Å². The smallest absolute Gasteiger partial charge is 0.247 e. The summed E-state index contributed by atoms with van der Waals surface area (Å²) < 4.78 is 29.5. The number of thioether (sulfide) groups is 3. The van der Waals surface area contributed by atoms with Crippen molar-refractivity contribution in [1.82, 2.24) is 39.0 Å². The molecule has 7 heterocycles. The lowest BCUT2D eigenvalue weighted by atomic mass is 9.92. The zero-order valence-corrected chi connectivity index (χ0v) is 64.5. The highest BCUT2D eigenvalue weighted by Gasteiger charge is 2.42. The fourth-order valence-corrected chi connectivity index (χ4v) is 18.2. The summed E-state index contributed by atoms with van der Waals surface area (Å²) in [5.41, 5.74) is 16.3. The normalized spacial score (nSPS) is 16.8. The number of nitrogens with zero attached hydrogens (tertiary/aromatic N) is 11. The van der Waals surface area contributed by atoms with Crippen LogP contribution in [0.4, 0.5) is 28.7 Å². The second-order valence-electron chi connectivity index (χ2n) is 29.1. The van der Waals surface area contributed by atoms with Crippen molar-refractivity contribution in [3.05, 3.63) is 158 Å². The Hall–Kier alpha value is -9.89. The van der Waals surface area contributed by atoms with Gasteiger partial charge in [-0.15, -0.1) is 35.3 Å². The molecule has 0 spiro atoms. The third kappa shape index (κ3) is 18.3. The van der Waals surface area contributed by atoms with E-state index in [1.165, 1.54) is 127 Å². The molecule has 3 unspecified atom stereocenters. The maximum Gasteiger partial charge on any atom is 0.247 e. The number of hydrogen-bond acceptors (Lipinski definition) is 21. The van der Waals surface area contributed by atoms with Crippen molar-refractivity contribution in [3.8, 4) is 17.2 Å². The Balaban J connectivity index is 0.517. The van der Waals surface area contributed by atoms with E-state index in [9.17, 15) is 28.8 Å². The molecular weight excluding hydrogens is 1450 g/mol. The Morgan fingerprint density at radius 1 is 0.418 bits per heavy atom. The number of imide groups is 3. The number of amides is 6. The number of carbonyl (C=O) groups excluding carboxylic acids is 6. The lowest BCUT2D eigenvalue weighted by Crippen LogP contribution is -2.38. The highest BCUT2D eigenvalue weighted by atomic mass is 32.2. The van der Waals surface area contributed by atoms with Crippen LogP contribution in [0, 0.1) is 5.41 Å². The average Bonchev–Trinajstić information content (AvgIpc) is 1.52. The van der Waals surface area contributed by atoms with Crippen LogP contribution < -0.4 is 40.4 Å². The van der Waals surface area contributed by atoms with Crippen molar-refractivity contribution in [1.29, 1.82) is 0 Å². The van der Waals surface area contributed by atoms with Gasteiger partial charge < -0.3 is 39.5 Å². The van der Waals surface area contributed by atoms with Gasteiger partial charge in [0.15, 0.2) is 22.9 Å². The summed E-state index contributed by atoms with van der Waals surface area (Å²) >= 11 is 4.59. The molecule has 3 aliphatic heterocycles. The first-order chi connectivity index (χ1) is 53.7. The van der Waals surface area contributed by atoms with Gasteiger partial charge in [-0.3, -0.25) is 28.8 Å². The fourth-order valence-electron chi connectivity index (χ4n) is 14.7. The largest absolute Gasteiger partial charge is 0.493 e. The Morgan fingerprint density at radius 2 is 0.791 bits per heavy atom. The van der Waals surface area contributed by atoms with Crippen molar-refractivity contribution in [3.63, 3.8) is 0 Å². The van der Waals surface area contributed by atoms with Gasteiger partial charge in [-0.1, -0.05) is 119 Å². The molecule has 6 amide bonds. The number of rotatable bonds is 42. The number of fused-ring (bicyclic) bond motifs is 2. The number of aryl methyl sites for hydroxylation is 2. The highest BCUT2D eigenvalue weighted by molar-refractivity contribution is 8.01. The van der Waals surface area contributed by atoms with Crippen molar-refractivity contribution < 1.29 is 47.7 Å². The van der Waals surface area contributed by atoms with E-state index in [1.54, 1.807) is 97.2 Å². The quantitative estimate of drug-likeness (QED) is 0.0204. The minimum Gasteiger partial charge on any atom is -0.493 e. The Morgan fingerprint density at radius 3 is 1.22 bits per heavy atom. The molecule has 23 nitrogen and oxygen atoms in total. The van der Waals surface area contributed by atoms with Gasteiger partial charge in [0.1, 0.15) is 60.8 Å². The molecule has 14 rings (SSSR count). The molecule has 0 bridgehead atoms. The van der Waals surface area contributed by atoms with Gasteiger partial charge in [0, 0.05) is 39.0 Å². The van der Waals surface area contributed by atoms with Crippen LogP contribution >= 0.6 is 35.3 Å². The number of nitrogens with two attached hydrogens (primary N) is 2. The minimum absolute atomic E-state index is 0.105. The number of hydrogen-bond donors (Lipinski definition) is 2. The summed E-state index contributed by atoms with van der Waals surface area (Å²) in [5.74, 6) is 3.03. The van der Waals surface area contributed by atoms with Crippen LogP contribution in [0.2, 0.25) is 0 Å². The number of benzene rings is 7. The predicted octanol–water partition coefficient (Wildman–Crippen LogP) is 15.5. The minimum atomic E-state index is -0.819. The Labute approximate surface area is 652 Å². The number of anilines is 5. The highest BCUT2D eigenvalue weighted by Crippen LogP contribution is 2.39. The molecule has 572 valence electrons. The van der Waals surface area contributed by atoms with Crippen molar-refractivity contribution in [2.24, 2.45) is 5.41 Å². The van der Waals surface area contributed by atoms with Crippen LogP contribution in [0.5, 0.6) is 17.2 Å². The summed E-state index contributed by atoms with van der Waals surface area (Å²) in [6, 6.07) is 40.6.